The lowest BCUT2D eigenvalue weighted by Gasteiger charge is -2.25. The largest absolute Gasteiger partial charge is 0.350 e. The van der Waals surface area contributed by atoms with Crippen molar-refractivity contribution in [3.05, 3.63) is 35.4 Å². The molecule has 6 nitrogen and oxygen atoms in total. The fourth-order valence-electron chi connectivity index (χ4n) is 1.83. The number of hydroxylamine groups is 2. The molecule has 0 saturated heterocycles. The van der Waals surface area contributed by atoms with Crippen LogP contribution >= 0.6 is 6.72 Å². The van der Waals surface area contributed by atoms with Crippen molar-refractivity contribution in [3.63, 3.8) is 0 Å². The first-order valence-electron chi connectivity index (χ1n) is 6.48. The predicted molar refractivity (Wildman–Crippen MR) is 80.2 cm³/mol. The number of rotatable bonds is 6. The zero-order chi connectivity index (χ0) is 15.6. The molecular weight excluding hydrogens is 313 g/mol. The highest BCUT2D eigenvalue weighted by Gasteiger charge is 2.41. The number of amides is 2. The average Bonchev–Trinajstić information content (AvgIpc) is 2.64. The number of carbonyl (C=O) groups is 2. The minimum Gasteiger partial charge on any atom is -0.308 e. The van der Waals surface area contributed by atoms with Crippen LogP contribution in [0, 0.1) is 0 Å². The van der Waals surface area contributed by atoms with Crippen molar-refractivity contribution in [2.75, 3.05) is 6.61 Å². The molecular formula is C13H16NO5PS. The van der Waals surface area contributed by atoms with Gasteiger partial charge in [0.25, 0.3) is 11.8 Å². The fourth-order valence-corrected chi connectivity index (χ4v) is 4.19. The van der Waals surface area contributed by atoms with Gasteiger partial charge >= 0.3 is 6.72 Å². The van der Waals surface area contributed by atoms with E-state index < -0.39 is 18.5 Å². The van der Waals surface area contributed by atoms with E-state index in [1.807, 2.05) is 0 Å². The normalized spacial score (nSPS) is 17.2. The van der Waals surface area contributed by atoms with Crippen LogP contribution in [-0.2, 0) is 25.5 Å². The zero-order valence-corrected chi connectivity index (χ0v) is 13.6. The van der Waals surface area contributed by atoms with Crippen molar-refractivity contribution in [1.82, 2.24) is 5.06 Å². The van der Waals surface area contributed by atoms with Crippen LogP contribution in [0.3, 0.4) is 0 Å². The summed E-state index contributed by atoms with van der Waals surface area (Å²) in [6.45, 7) is 2.32. The van der Waals surface area contributed by atoms with Crippen molar-refractivity contribution >= 4 is 30.3 Å². The van der Waals surface area contributed by atoms with Crippen LogP contribution in [0.1, 0.15) is 41.5 Å². The highest BCUT2D eigenvalue weighted by Crippen LogP contribution is 2.52. The Labute approximate surface area is 128 Å². The Kier molecular flexibility index (Phi) is 4.91. The van der Waals surface area contributed by atoms with Gasteiger partial charge in [-0.25, -0.2) is 0 Å². The van der Waals surface area contributed by atoms with E-state index in [-0.39, 0.29) is 23.8 Å². The summed E-state index contributed by atoms with van der Waals surface area (Å²) in [4.78, 5) is 24.4. The number of nitrogens with zero attached hydrogens (tertiary/aromatic N) is 1. The lowest BCUT2D eigenvalue weighted by atomic mass is 10.1. The van der Waals surface area contributed by atoms with Crippen LogP contribution < -0.4 is 0 Å². The average molecular weight is 329 g/mol. The third-order valence-corrected chi connectivity index (χ3v) is 4.96. The molecule has 21 heavy (non-hydrogen) atoms. The summed E-state index contributed by atoms with van der Waals surface area (Å²) in [5.41, 5.74) is 0.565. The van der Waals surface area contributed by atoms with E-state index in [4.69, 9.17) is 25.5 Å². The number of benzene rings is 1. The molecule has 1 aliphatic heterocycles. The summed E-state index contributed by atoms with van der Waals surface area (Å²) in [6.07, 6.45) is -0.252. The SMILES string of the molecule is CCOP(=S)(OC(C)C)ON1C(=O)c2ccccc2C1=O. The smallest absolute Gasteiger partial charge is 0.308 e. The summed E-state index contributed by atoms with van der Waals surface area (Å²) < 4.78 is 16.2. The Hall–Kier alpha value is -1.11. The van der Waals surface area contributed by atoms with Crippen LogP contribution in [0.2, 0.25) is 0 Å². The molecule has 0 spiro atoms. The van der Waals surface area contributed by atoms with Gasteiger partial charge in [-0.05, 0) is 44.7 Å². The summed E-state index contributed by atoms with van der Waals surface area (Å²) in [5.74, 6) is -1.12. The van der Waals surface area contributed by atoms with Crippen LogP contribution in [-0.4, -0.2) is 29.6 Å². The maximum absolute atomic E-state index is 12.2. The lowest BCUT2D eigenvalue weighted by molar-refractivity contribution is -0.0328. The van der Waals surface area contributed by atoms with Crippen LogP contribution in [0.5, 0.6) is 0 Å². The van der Waals surface area contributed by atoms with E-state index in [1.165, 1.54) is 0 Å². The van der Waals surface area contributed by atoms with Gasteiger partial charge in [0.15, 0.2) is 0 Å². The molecule has 0 saturated carbocycles. The van der Waals surface area contributed by atoms with Gasteiger partial charge in [-0.15, -0.1) is 5.06 Å². The zero-order valence-electron chi connectivity index (χ0n) is 11.9. The van der Waals surface area contributed by atoms with Crippen LogP contribution in [0.4, 0.5) is 0 Å². The molecule has 0 aromatic heterocycles. The van der Waals surface area contributed by atoms with Crippen molar-refractivity contribution in [2.45, 2.75) is 26.9 Å². The first-order chi connectivity index (χ1) is 9.88. The standard InChI is InChI=1S/C13H16NO5PS/c1-4-17-20(21,18-9(2)3)19-14-12(15)10-7-5-6-8-11(10)13(14)16/h5-9H,4H2,1-3H3. The maximum atomic E-state index is 12.2. The van der Waals surface area contributed by atoms with Crippen molar-refractivity contribution in [2.24, 2.45) is 0 Å². The van der Waals surface area contributed by atoms with E-state index >= 15 is 0 Å². The van der Waals surface area contributed by atoms with Gasteiger partial charge in [0.05, 0.1) is 23.8 Å². The van der Waals surface area contributed by atoms with E-state index in [2.05, 4.69) is 0 Å². The Morgan fingerprint density at radius 2 is 1.71 bits per heavy atom. The van der Waals surface area contributed by atoms with E-state index in [0.29, 0.717) is 5.06 Å². The molecule has 114 valence electrons. The minimum atomic E-state index is -3.21. The third-order valence-electron chi connectivity index (χ3n) is 2.57. The Balaban J connectivity index is 2.25. The molecule has 1 unspecified atom stereocenters. The third kappa shape index (κ3) is 3.39. The molecule has 1 heterocycles. The highest BCUT2D eigenvalue weighted by atomic mass is 32.5. The first-order valence-corrected chi connectivity index (χ1v) is 9.04. The van der Waals surface area contributed by atoms with Gasteiger partial charge in [0, 0.05) is 0 Å². The molecule has 8 heteroatoms. The molecule has 0 bridgehead atoms. The van der Waals surface area contributed by atoms with Gasteiger partial charge in [-0.1, -0.05) is 12.1 Å². The molecule has 1 aromatic carbocycles. The van der Waals surface area contributed by atoms with Gasteiger partial charge in [0.2, 0.25) is 0 Å². The number of imide groups is 1. The topological polar surface area (TPSA) is 65.1 Å². The first kappa shape index (κ1) is 16.3. The number of fused-ring (bicyclic) bond motifs is 1. The second kappa shape index (κ2) is 6.34. The second-order valence-corrected chi connectivity index (χ2v) is 7.42. The van der Waals surface area contributed by atoms with Gasteiger partial charge in [-0.2, -0.15) is 4.62 Å². The molecule has 0 N–H and O–H groups in total. The lowest BCUT2D eigenvalue weighted by Crippen LogP contribution is -2.30. The van der Waals surface area contributed by atoms with Crippen molar-refractivity contribution in [1.29, 1.82) is 0 Å². The Bertz CT molecular complexity index is 583. The number of hydrogen-bond donors (Lipinski definition) is 0. The van der Waals surface area contributed by atoms with Crippen LogP contribution in [0.25, 0.3) is 0 Å². The highest BCUT2D eigenvalue weighted by molar-refractivity contribution is 8.07. The van der Waals surface area contributed by atoms with Crippen molar-refractivity contribution in [3.8, 4) is 0 Å². The van der Waals surface area contributed by atoms with Crippen molar-refractivity contribution < 1.29 is 23.3 Å². The Morgan fingerprint density at radius 3 is 2.14 bits per heavy atom. The molecule has 2 rings (SSSR count). The van der Waals surface area contributed by atoms with Crippen LogP contribution in [0.15, 0.2) is 24.3 Å². The predicted octanol–water partition coefficient (Wildman–Crippen LogP) is 2.90. The van der Waals surface area contributed by atoms with E-state index in [1.54, 1.807) is 45.0 Å². The molecule has 0 radical (unpaired) electrons. The second-order valence-electron chi connectivity index (χ2n) is 4.55. The summed E-state index contributed by atoms with van der Waals surface area (Å²) in [5, 5.41) is 0.642. The number of hydrogen-bond acceptors (Lipinski definition) is 6. The fraction of sp³-hybridized carbons (Fsp3) is 0.385. The van der Waals surface area contributed by atoms with E-state index in [0.717, 1.165) is 0 Å². The quantitative estimate of drug-likeness (QED) is 0.591. The summed E-state index contributed by atoms with van der Waals surface area (Å²) >= 11 is 5.23. The molecule has 1 atom stereocenters. The van der Waals surface area contributed by atoms with Gasteiger partial charge < -0.3 is 9.05 Å². The maximum Gasteiger partial charge on any atom is 0.350 e. The molecule has 0 aliphatic carbocycles. The molecule has 1 aliphatic rings. The Morgan fingerprint density at radius 1 is 1.19 bits per heavy atom. The molecule has 0 fully saturated rings. The van der Waals surface area contributed by atoms with E-state index in [9.17, 15) is 9.59 Å². The van der Waals surface area contributed by atoms with Gasteiger partial charge in [0.1, 0.15) is 0 Å². The summed E-state index contributed by atoms with van der Waals surface area (Å²) in [6, 6.07) is 6.48. The minimum absolute atomic E-state index is 0.252. The van der Waals surface area contributed by atoms with Gasteiger partial charge in [-0.3, -0.25) is 9.59 Å². The number of carbonyl (C=O) groups excluding carboxylic acids is 2. The molecule has 2 amide bonds. The summed E-state index contributed by atoms with van der Waals surface area (Å²) in [7, 11) is 0. The monoisotopic (exact) mass is 329 g/mol. The molecule has 1 aromatic rings.